The molecule has 2 amide bonds. The van der Waals surface area contributed by atoms with Gasteiger partial charge in [-0.1, -0.05) is 36.8 Å². The van der Waals surface area contributed by atoms with Crippen molar-refractivity contribution in [1.29, 1.82) is 0 Å². The van der Waals surface area contributed by atoms with Crippen LogP contribution in [0, 0.1) is 21.3 Å². The highest BCUT2D eigenvalue weighted by molar-refractivity contribution is 14.1. The number of benzene rings is 2. The van der Waals surface area contributed by atoms with E-state index in [4.69, 9.17) is 14.1 Å². The number of halogens is 1. The number of hydrogen-bond acceptors (Lipinski definition) is 7. The van der Waals surface area contributed by atoms with Crippen LogP contribution in [0.3, 0.4) is 0 Å². The number of rotatable bonds is 9. The molecule has 1 aliphatic carbocycles. The Bertz CT molecular complexity index is 1380. The van der Waals surface area contributed by atoms with Crippen molar-refractivity contribution in [3.05, 3.63) is 68.3 Å². The number of methoxy groups -OCH3 is 2. The number of imide groups is 1. The van der Waals surface area contributed by atoms with E-state index in [0.717, 1.165) is 23.1 Å². The van der Waals surface area contributed by atoms with Crippen LogP contribution in [0.2, 0.25) is 6.32 Å². The summed E-state index contributed by atoms with van der Waals surface area (Å²) < 4.78 is 17.7. The molecule has 3 aliphatic rings. The summed E-state index contributed by atoms with van der Waals surface area (Å²) in [5.41, 5.74) is 4.68. The Morgan fingerprint density at radius 3 is 2.61 bits per heavy atom. The van der Waals surface area contributed by atoms with Gasteiger partial charge < -0.3 is 24.3 Å². The van der Waals surface area contributed by atoms with Gasteiger partial charge in [-0.25, -0.2) is 0 Å². The van der Waals surface area contributed by atoms with Crippen molar-refractivity contribution in [2.75, 3.05) is 25.7 Å². The molecular formula is C31H35BINO7. The SMILES string of the molecule is CC/C(=C\c1cc(I)c(O)c(OC)c1)CC[C@H]1OB(O)C[C@H]2C1=C(COC)C[C@H]1C(=O)N(c3ccccc3)C(=O)[C@H]12. The quantitative estimate of drug-likeness (QED) is 0.163. The highest BCUT2D eigenvalue weighted by Gasteiger charge is 2.57. The van der Waals surface area contributed by atoms with E-state index < -0.39 is 25.1 Å². The number of allylic oxidation sites excluding steroid dienone is 1. The molecule has 2 N–H and O–H groups in total. The third kappa shape index (κ3) is 5.84. The van der Waals surface area contributed by atoms with Gasteiger partial charge in [0, 0.05) is 7.11 Å². The molecule has 2 aromatic rings. The maximum Gasteiger partial charge on any atom is 0.455 e. The Labute approximate surface area is 254 Å². The van der Waals surface area contributed by atoms with Crippen molar-refractivity contribution < 1.29 is 33.8 Å². The van der Waals surface area contributed by atoms with Gasteiger partial charge in [-0.15, -0.1) is 0 Å². The average molecular weight is 671 g/mol. The first-order valence-electron chi connectivity index (χ1n) is 14.0. The number of anilines is 1. The minimum atomic E-state index is -1.03. The molecule has 0 bridgehead atoms. The van der Waals surface area contributed by atoms with Crippen LogP contribution in [0.4, 0.5) is 5.69 Å². The molecule has 2 aromatic carbocycles. The van der Waals surface area contributed by atoms with Gasteiger partial charge in [-0.05, 0) is 101 Å². The van der Waals surface area contributed by atoms with Crippen LogP contribution in [0.1, 0.15) is 38.2 Å². The lowest BCUT2D eigenvalue weighted by Gasteiger charge is -2.43. The first kappa shape index (κ1) is 29.8. The van der Waals surface area contributed by atoms with Crippen LogP contribution < -0.4 is 9.64 Å². The number of amides is 2. The number of carbonyl (C=O) groups is 2. The molecule has 5 rings (SSSR count). The van der Waals surface area contributed by atoms with Crippen molar-refractivity contribution in [2.24, 2.45) is 17.8 Å². The fourth-order valence-electron chi connectivity index (χ4n) is 6.64. The molecule has 8 nitrogen and oxygen atoms in total. The zero-order chi connectivity index (χ0) is 29.3. The molecule has 4 atom stereocenters. The van der Waals surface area contributed by atoms with E-state index in [-0.39, 0.29) is 29.8 Å². The monoisotopic (exact) mass is 671 g/mol. The summed E-state index contributed by atoms with van der Waals surface area (Å²) in [5, 5.41) is 21.0. The Morgan fingerprint density at radius 1 is 1.17 bits per heavy atom. The normalized spacial score (nSPS) is 24.6. The van der Waals surface area contributed by atoms with Crippen LogP contribution in [-0.4, -0.2) is 56.0 Å². The molecule has 2 fully saturated rings. The number of para-hydroxylation sites is 1. The third-order valence-electron chi connectivity index (χ3n) is 8.46. The van der Waals surface area contributed by atoms with E-state index in [1.165, 1.54) is 17.6 Å². The first-order chi connectivity index (χ1) is 19.8. The van der Waals surface area contributed by atoms with Crippen LogP contribution in [0.15, 0.2) is 59.2 Å². The predicted octanol–water partition coefficient (Wildman–Crippen LogP) is 5.23. The summed E-state index contributed by atoms with van der Waals surface area (Å²) in [4.78, 5) is 28.7. The van der Waals surface area contributed by atoms with Gasteiger partial charge in [0.1, 0.15) is 0 Å². The molecule has 2 heterocycles. The van der Waals surface area contributed by atoms with Crippen LogP contribution in [0.25, 0.3) is 6.08 Å². The summed E-state index contributed by atoms with van der Waals surface area (Å²) in [5.74, 6) is -1.16. The largest absolute Gasteiger partial charge is 0.504 e. The Hall–Kier alpha value is -2.67. The molecule has 0 unspecified atom stereocenters. The lowest BCUT2D eigenvalue weighted by Crippen LogP contribution is -2.46. The second kappa shape index (κ2) is 12.7. The van der Waals surface area contributed by atoms with Crippen molar-refractivity contribution >= 4 is 53.3 Å². The fourth-order valence-corrected chi connectivity index (χ4v) is 7.26. The smallest absolute Gasteiger partial charge is 0.455 e. The zero-order valence-corrected chi connectivity index (χ0v) is 25.7. The van der Waals surface area contributed by atoms with Gasteiger partial charge in [0.25, 0.3) is 0 Å². The molecule has 2 saturated heterocycles. The van der Waals surface area contributed by atoms with Crippen molar-refractivity contribution in [3.63, 3.8) is 0 Å². The second-order valence-electron chi connectivity index (χ2n) is 10.8. The van der Waals surface area contributed by atoms with Crippen molar-refractivity contribution in [3.8, 4) is 11.5 Å². The Kier molecular flexibility index (Phi) is 9.22. The van der Waals surface area contributed by atoms with E-state index in [1.54, 1.807) is 19.2 Å². The summed E-state index contributed by atoms with van der Waals surface area (Å²) in [7, 11) is 2.14. The molecule has 10 heteroatoms. The minimum absolute atomic E-state index is 0.123. The number of hydrogen-bond donors (Lipinski definition) is 2. The standard InChI is InChI=1S/C31H35BINO7/c1-4-18(12-19-13-24(33)29(35)26(14-19)40-3)10-11-25-27-20(17-39-2)15-22-28(23(27)16-32(38)41-25)31(37)34(30(22)36)21-8-6-5-7-9-21/h5-9,12-14,22-23,25,28,35,38H,4,10-11,15-17H2,1-3H3/b18-12+/t22-,23+,25-,28-/m1/s1. The Morgan fingerprint density at radius 2 is 1.93 bits per heavy atom. The number of carbonyl (C=O) groups excluding carboxylic acids is 2. The van der Waals surface area contributed by atoms with Crippen LogP contribution >= 0.6 is 22.6 Å². The molecule has 0 radical (unpaired) electrons. The van der Waals surface area contributed by atoms with E-state index in [9.17, 15) is 19.7 Å². The number of phenols is 1. The van der Waals surface area contributed by atoms with E-state index in [1.807, 2.05) is 30.3 Å². The maximum atomic E-state index is 13.8. The van der Waals surface area contributed by atoms with Gasteiger partial charge in [0.15, 0.2) is 11.5 Å². The lowest BCUT2D eigenvalue weighted by atomic mass is 9.58. The Balaban J connectivity index is 1.43. The zero-order valence-electron chi connectivity index (χ0n) is 23.5. The average Bonchev–Trinajstić information content (AvgIpc) is 3.22. The number of aromatic hydroxyl groups is 1. The van der Waals surface area contributed by atoms with E-state index >= 15 is 0 Å². The third-order valence-corrected chi connectivity index (χ3v) is 9.29. The van der Waals surface area contributed by atoms with Crippen molar-refractivity contribution in [2.45, 2.75) is 45.0 Å². The van der Waals surface area contributed by atoms with E-state index in [2.05, 4.69) is 35.6 Å². The van der Waals surface area contributed by atoms with Gasteiger partial charge in [0.2, 0.25) is 11.8 Å². The van der Waals surface area contributed by atoms with Crippen molar-refractivity contribution in [1.82, 2.24) is 0 Å². The first-order valence-corrected chi connectivity index (χ1v) is 15.1. The molecule has 2 aliphatic heterocycles. The fraction of sp³-hybridized carbons (Fsp3) is 0.419. The number of ether oxygens (including phenoxy) is 2. The lowest BCUT2D eigenvalue weighted by molar-refractivity contribution is -0.122. The summed E-state index contributed by atoms with van der Waals surface area (Å²) in [6.07, 6.45) is 4.55. The van der Waals surface area contributed by atoms with Gasteiger partial charge in [-0.2, -0.15) is 0 Å². The van der Waals surface area contributed by atoms with E-state index in [0.29, 0.717) is 40.9 Å². The molecule has 41 heavy (non-hydrogen) atoms. The summed E-state index contributed by atoms with van der Waals surface area (Å²) in [6, 6.07) is 12.8. The molecule has 216 valence electrons. The molecule has 0 saturated carbocycles. The molecule has 0 spiro atoms. The predicted molar refractivity (Wildman–Crippen MR) is 165 cm³/mol. The molecular weight excluding hydrogens is 636 g/mol. The van der Waals surface area contributed by atoms with Gasteiger partial charge in [-0.3, -0.25) is 14.5 Å². The number of fused-ring (bicyclic) bond motifs is 3. The van der Waals surface area contributed by atoms with Crippen LogP contribution in [0.5, 0.6) is 11.5 Å². The summed E-state index contributed by atoms with van der Waals surface area (Å²) in [6.45, 7) is 2.44. The second-order valence-corrected chi connectivity index (χ2v) is 12.0. The molecule has 0 aromatic heterocycles. The highest BCUT2D eigenvalue weighted by Crippen LogP contribution is 2.51. The topological polar surface area (TPSA) is 106 Å². The highest BCUT2D eigenvalue weighted by atomic mass is 127. The summed E-state index contributed by atoms with van der Waals surface area (Å²) >= 11 is 2.09. The minimum Gasteiger partial charge on any atom is -0.504 e. The van der Waals surface area contributed by atoms with Crippen LogP contribution in [-0.2, 0) is 19.0 Å². The van der Waals surface area contributed by atoms with Gasteiger partial charge >= 0.3 is 7.12 Å². The number of phenolic OH excluding ortho intramolecular Hbond substituents is 1. The van der Waals surface area contributed by atoms with Gasteiger partial charge in [0.05, 0.1) is 40.9 Å². The maximum absolute atomic E-state index is 13.8. The number of nitrogens with zero attached hydrogens (tertiary/aromatic N) is 1.